The van der Waals surface area contributed by atoms with Gasteiger partial charge in [0, 0.05) is 30.3 Å². The molecular weight excluding hydrogens is 304 g/mol. The molecule has 1 aromatic heterocycles. The number of benzene rings is 2. The summed E-state index contributed by atoms with van der Waals surface area (Å²) in [5, 5.41) is 22.6. The maximum atomic E-state index is 11.8. The highest BCUT2D eigenvalue weighted by Crippen LogP contribution is 2.25. The monoisotopic (exact) mass is 322 g/mol. The number of aromatic amines is 1. The van der Waals surface area contributed by atoms with Crippen molar-refractivity contribution in [3.63, 3.8) is 0 Å². The van der Waals surface area contributed by atoms with Gasteiger partial charge in [0.05, 0.1) is 0 Å². The lowest BCUT2D eigenvalue weighted by atomic mass is 10.2. The minimum absolute atomic E-state index is 0.185. The Morgan fingerprint density at radius 2 is 1.92 bits per heavy atom. The number of aromatic nitrogens is 1. The van der Waals surface area contributed by atoms with Gasteiger partial charge in [0.25, 0.3) is 0 Å². The first kappa shape index (κ1) is 15.7. The van der Waals surface area contributed by atoms with E-state index in [4.69, 9.17) is 0 Å². The van der Waals surface area contributed by atoms with Crippen LogP contribution >= 0.6 is 0 Å². The fourth-order valence-electron chi connectivity index (χ4n) is 2.46. The third-order valence-corrected chi connectivity index (χ3v) is 3.71. The third-order valence-electron chi connectivity index (χ3n) is 3.71. The van der Waals surface area contributed by atoms with Crippen molar-refractivity contribution in [3.05, 3.63) is 65.9 Å². The highest BCUT2D eigenvalue weighted by atomic mass is 16.3. The normalized spacial score (nSPS) is 11.2. The number of H-pyrrole nitrogens is 1. The van der Waals surface area contributed by atoms with E-state index in [9.17, 15) is 15.0 Å². The van der Waals surface area contributed by atoms with Crippen LogP contribution in [0.1, 0.15) is 11.3 Å². The number of nitrogens with one attached hydrogen (secondary N) is 2. The average Bonchev–Trinajstić information content (AvgIpc) is 2.98. The Labute approximate surface area is 139 Å². The zero-order valence-corrected chi connectivity index (χ0v) is 13.0. The zero-order chi connectivity index (χ0) is 16.9. The van der Waals surface area contributed by atoms with E-state index in [1.54, 1.807) is 12.1 Å². The van der Waals surface area contributed by atoms with E-state index in [1.165, 1.54) is 18.2 Å². The van der Waals surface area contributed by atoms with Crippen LogP contribution in [0.2, 0.25) is 0 Å². The molecule has 0 aliphatic heterocycles. The number of hydrogen-bond donors (Lipinski definition) is 4. The SMILES string of the molecule is O=C(/C=C/c1ccc(O)c(O)c1)NCCc1cc2ccccc2[nH]1. The minimum Gasteiger partial charge on any atom is -0.504 e. The molecule has 1 amide bonds. The highest BCUT2D eigenvalue weighted by Gasteiger charge is 2.02. The Kier molecular flexibility index (Phi) is 4.52. The number of phenolic OH excluding ortho intramolecular Hbond substituents is 2. The van der Waals surface area contributed by atoms with Gasteiger partial charge in [-0.2, -0.15) is 0 Å². The van der Waals surface area contributed by atoms with Crippen molar-refractivity contribution in [1.82, 2.24) is 10.3 Å². The van der Waals surface area contributed by atoms with Crippen LogP contribution < -0.4 is 5.32 Å². The van der Waals surface area contributed by atoms with Crippen LogP contribution in [0.5, 0.6) is 11.5 Å². The molecule has 0 aliphatic carbocycles. The van der Waals surface area contributed by atoms with Gasteiger partial charge in [0.1, 0.15) is 0 Å². The zero-order valence-electron chi connectivity index (χ0n) is 13.0. The van der Waals surface area contributed by atoms with Crippen LogP contribution in [-0.2, 0) is 11.2 Å². The van der Waals surface area contributed by atoms with Gasteiger partial charge in [-0.15, -0.1) is 0 Å². The lowest BCUT2D eigenvalue weighted by Crippen LogP contribution is -2.23. The van der Waals surface area contributed by atoms with Crippen molar-refractivity contribution in [2.24, 2.45) is 0 Å². The van der Waals surface area contributed by atoms with Gasteiger partial charge < -0.3 is 20.5 Å². The number of hydrogen-bond acceptors (Lipinski definition) is 3. The fraction of sp³-hybridized carbons (Fsp3) is 0.105. The molecular formula is C19H18N2O3. The van der Waals surface area contributed by atoms with E-state index in [0.717, 1.165) is 16.6 Å². The number of phenols is 2. The number of fused-ring (bicyclic) bond motifs is 1. The van der Waals surface area contributed by atoms with Crippen LogP contribution in [0.4, 0.5) is 0 Å². The van der Waals surface area contributed by atoms with Crippen LogP contribution in [0.3, 0.4) is 0 Å². The van der Waals surface area contributed by atoms with Crippen LogP contribution in [0, 0.1) is 0 Å². The maximum absolute atomic E-state index is 11.8. The molecule has 4 N–H and O–H groups in total. The quantitative estimate of drug-likeness (QED) is 0.430. The molecule has 0 spiro atoms. The molecule has 0 atom stereocenters. The molecule has 5 nitrogen and oxygen atoms in total. The second-order valence-corrected chi connectivity index (χ2v) is 5.50. The summed E-state index contributed by atoms with van der Waals surface area (Å²) < 4.78 is 0. The lowest BCUT2D eigenvalue weighted by Gasteiger charge is -2.01. The number of rotatable bonds is 5. The first-order chi connectivity index (χ1) is 11.6. The minimum atomic E-state index is -0.212. The molecule has 122 valence electrons. The number of carbonyl (C=O) groups is 1. The van der Waals surface area contributed by atoms with E-state index in [0.29, 0.717) is 18.5 Å². The summed E-state index contributed by atoms with van der Waals surface area (Å²) in [6.07, 6.45) is 3.70. The number of carbonyl (C=O) groups excluding carboxylic acids is 1. The summed E-state index contributed by atoms with van der Waals surface area (Å²) in [6.45, 7) is 0.525. The van der Waals surface area contributed by atoms with Crippen LogP contribution in [0.15, 0.2) is 54.6 Å². The largest absolute Gasteiger partial charge is 0.504 e. The number of para-hydroxylation sites is 1. The van der Waals surface area contributed by atoms with E-state index in [2.05, 4.69) is 16.4 Å². The van der Waals surface area contributed by atoms with Crippen molar-refractivity contribution >= 4 is 22.9 Å². The van der Waals surface area contributed by atoms with Gasteiger partial charge in [-0.3, -0.25) is 4.79 Å². The van der Waals surface area contributed by atoms with Crippen molar-refractivity contribution in [1.29, 1.82) is 0 Å². The van der Waals surface area contributed by atoms with Crippen molar-refractivity contribution in [2.75, 3.05) is 6.54 Å². The molecule has 3 aromatic rings. The topological polar surface area (TPSA) is 85.3 Å². The van der Waals surface area contributed by atoms with E-state index in [1.807, 2.05) is 24.3 Å². The summed E-state index contributed by atoms with van der Waals surface area (Å²) in [6, 6.07) is 14.5. The van der Waals surface area contributed by atoms with Gasteiger partial charge in [-0.05, 0) is 41.3 Å². The Morgan fingerprint density at radius 3 is 2.71 bits per heavy atom. The summed E-state index contributed by atoms with van der Waals surface area (Å²) in [5.74, 6) is -0.606. The summed E-state index contributed by atoms with van der Waals surface area (Å²) in [7, 11) is 0. The van der Waals surface area contributed by atoms with Crippen LogP contribution in [0.25, 0.3) is 17.0 Å². The van der Waals surface area contributed by atoms with Crippen molar-refractivity contribution < 1.29 is 15.0 Å². The van der Waals surface area contributed by atoms with Gasteiger partial charge in [-0.25, -0.2) is 0 Å². The molecule has 3 rings (SSSR count). The predicted octanol–water partition coefficient (Wildman–Crippen LogP) is 2.95. The van der Waals surface area contributed by atoms with Crippen LogP contribution in [-0.4, -0.2) is 27.6 Å². The van der Waals surface area contributed by atoms with Crippen molar-refractivity contribution in [2.45, 2.75) is 6.42 Å². The average molecular weight is 322 g/mol. The molecule has 0 bridgehead atoms. The maximum Gasteiger partial charge on any atom is 0.244 e. The first-order valence-electron chi connectivity index (χ1n) is 7.66. The van der Waals surface area contributed by atoms with E-state index in [-0.39, 0.29) is 17.4 Å². The van der Waals surface area contributed by atoms with Gasteiger partial charge >= 0.3 is 0 Å². The third kappa shape index (κ3) is 3.76. The van der Waals surface area contributed by atoms with E-state index < -0.39 is 0 Å². The Balaban J connectivity index is 1.51. The van der Waals surface area contributed by atoms with Gasteiger partial charge in [-0.1, -0.05) is 24.3 Å². The Bertz CT molecular complexity index is 864. The van der Waals surface area contributed by atoms with Crippen molar-refractivity contribution in [3.8, 4) is 11.5 Å². The summed E-state index contributed by atoms with van der Waals surface area (Å²) in [5.41, 5.74) is 2.80. The molecule has 2 aromatic carbocycles. The standard InChI is InChI=1S/C19H18N2O3/c22-17-7-5-13(11-18(17)23)6-8-19(24)20-10-9-15-12-14-3-1-2-4-16(14)21-15/h1-8,11-12,21-23H,9-10H2,(H,20,24)/b8-6+. The van der Waals surface area contributed by atoms with Gasteiger partial charge in [0.15, 0.2) is 11.5 Å². The number of aromatic hydroxyl groups is 2. The second kappa shape index (κ2) is 6.91. The molecule has 5 heteroatoms. The molecule has 0 saturated heterocycles. The molecule has 1 heterocycles. The summed E-state index contributed by atoms with van der Waals surface area (Å²) in [4.78, 5) is 15.1. The van der Waals surface area contributed by atoms with Gasteiger partial charge in [0.2, 0.25) is 5.91 Å². The lowest BCUT2D eigenvalue weighted by molar-refractivity contribution is -0.116. The Hall–Kier alpha value is -3.21. The molecule has 0 saturated carbocycles. The molecule has 0 radical (unpaired) electrons. The smallest absolute Gasteiger partial charge is 0.244 e. The molecule has 0 aliphatic rings. The number of amides is 1. The molecule has 24 heavy (non-hydrogen) atoms. The molecule has 0 unspecified atom stereocenters. The summed E-state index contributed by atoms with van der Waals surface area (Å²) >= 11 is 0. The predicted molar refractivity (Wildman–Crippen MR) is 93.8 cm³/mol. The van der Waals surface area contributed by atoms with E-state index >= 15 is 0 Å². The molecule has 0 fully saturated rings. The fourth-order valence-corrected chi connectivity index (χ4v) is 2.46. The second-order valence-electron chi connectivity index (χ2n) is 5.50. The first-order valence-corrected chi connectivity index (χ1v) is 7.66. The Morgan fingerprint density at radius 1 is 1.08 bits per heavy atom. The highest BCUT2D eigenvalue weighted by molar-refractivity contribution is 5.91.